The Hall–Kier alpha value is -1.24. The second-order valence-electron chi connectivity index (χ2n) is 8.21. The van der Waals surface area contributed by atoms with Crippen LogP contribution in [0.15, 0.2) is 121 Å². The fraction of sp³-hybridized carbons (Fsp3) is 0.143. The van der Waals surface area contributed by atoms with E-state index in [0.717, 1.165) is 11.1 Å². The van der Waals surface area contributed by atoms with Crippen molar-refractivity contribution in [1.82, 2.24) is 3.93 Å². The Morgan fingerprint density at radius 1 is 0.515 bits per heavy atom. The minimum atomic E-state index is -0.650. The highest BCUT2D eigenvalue weighted by Gasteiger charge is 2.75. The fourth-order valence-electron chi connectivity index (χ4n) is 4.99. The predicted molar refractivity (Wildman–Crippen MR) is 151 cm³/mol. The van der Waals surface area contributed by atoms with Crippen LogP contribution in [0.5, 0.6) is 0 Å². The van der Waals surface area contributed by atoms with E-state index in [0.29, 0.717) is 0 Å². The van der Waals surface area contributed by atoms with Gasteiger partial charge < -0.3 is 0 Å². The lowest BCUT2D eigenvalue weighted by Gasteiger charge is -2.46. The van der Waals surface area contributed by atoms with E-state index in [1.54, 1.807) is 0 Å². The van der Waals surface area contributed by atoms with Gasteiger partial charge in [-0.15, -0.1) is 0 Å². The number of benzene rings is 4. The van der Waals surface area contributed by atoms with Crippen molar-refractivity contribution >= 4 is 63.9 Å². The average Bonchev–Trinajstić information content (AvgIpc) is 3.03. The molecule has 0 aromatic heterocycles. The van der Waals surface area contributed by atoms with Gasteiger partial charge in [0.2, 0.25) is 0 Å². The lowest BCUT2D eigenvalue weighted by Crippen LogP contribution is -2.48. The maximum absolute atomic E-state index is 4.39. The zero-order valence-corrected chi connectivity index (χ0v) is 23.9. The van der Waals surface area contributed by atoms with E-state index >= 15 is 0 Å². The van der Waals surface area contributed by atoms with Gasteiger partial charge in [0.1, 0.15) is 8.77 Å². The van der Waals surface area contributed by atoms with Crippen molar-refractivity contribution in [1.29, 1.82) is 0 Å². The highest BCUT2D eigenvalue weighted by molar-refractivity contribution is 9.14. The quantitative estimate of drug-likeness (QED) is 0.117. The molecule has 4 unspecified atom stereocenters. The average molecular weight is 691 g/mol. The summed E-state index contributed by atoms with van der Waals surface area (Å²) in [5.74, 6) is 0. The van der Waals surface area contributed by atoms with Gasteiger partial charge in [0.25, 0.3) is 0 Å². The molecular formula is C28H21Br4N. The first kappa shape index (κ1) is 23.5. The van der Waals surface area contributed by atoms with E-state index in [-0.39, 0.29) is 6.04 Å². The molecule has 0 N–H and O–H groups in total. The number of nitrogens with zero attached hydrogens (tertiary/aromatic N) is 1. The number of alkyl halides is 3. The standard InChI is InChI=1S/C28H21Br4N/c29-26(22-15-7-2-8-16-22)25(21-13-5-1-6-14-21)33(32)28(31,24-19-11-4-12-20-24)27(26,30)23-17-9-3-10-18-23/h1-20,25H. The first-order chi connectivity index (χ1) is 16.0. The third kappa shape index (κ3) is 3.38. The van der Waals surface area contributed by atoms with Crippen molar-refractivity contribution in [3.05, 3.63) is 144 Å². The Balaban J connectivity index is 1.91. The van der Waals surface area contributed by atoms with Gasteiger partial charge in [-0.2, -0.15) is 0 Å². The lowest BCUT2D eigenvalue weighted by atomic mass is 9.74. The smallest absolute Gasteiger partial charge is 0.133 e. The second kappa shape index (κ2) is 9.09. The minimum absolute atomic E-state index is 0.0692. The van der Waals surface area contributed by atoms with Crippen molar-refractivity contribution in [3.63, 3.8) is 0 Å². The molecule has 1 fully saturated rings. The van der Waals surface area contributed by atoms with Crippen molar-refractivity contribution < 1.29 is 0 Å². The summed E-state index contributed by atoms with van der Waals surface area (Å²) in [5, 5.41) is 0. The molecule has 0 amide bonds. The summed E-state index contributed by atoms with van der Waals surface area (Å²) < 4.78 is 0.435. The lowest BCUT2D eigenvalue weighted by molar-refractivity contribution is 0.337. The Morgan fingerprint density at radius 3 is 1.39 bits per heavy atom. The van der Waals surface area contributed by atoms with Crippen LogP contribution in [0.2, 0.25) is 0 Å². The maximum atomic E-state index is 4.39. The normalized spacial score (nSPS) is 29.8. The van der Waals surface area contributed by atoms with E-state index in [1.165, 1.54) is 11.1 Å². The Bertz CT molecular complexity index is 1220. The Kier molecular flexibility index (Phi) is 6.47. The third-order valence-corrected chi connectivity index (χ3v) is 13.6. The minimum Gasteiger partial charge on any atom is -0.211 e. The molecule has 4 atom stereocenters. The van der Waals surface area contributed by atoms with Gasteiger partial charge in [-0.1, -0.05) is 169 Å². The molecule has 4 aromatic carbocycles. The third-order valence-electron chi connectivity index (χ3n) is 6.49. The van der Waals surface area contributed by atoms with Crippen LogP contribution in [-0.2, 0) is 13.1 Å². The van der Waals surface area contributed by atoms with Crippen LogP contribution < -0.4 is 0 Å². The van der Waals surface area contributed by atoms with Crippen LogP contribution in [-0.4, -0.2) is 3.93 Å². The van der Waals surface area contributed by atoms with Gasteiger partial charge >= 0.3 is 0 Å². The van der Waals surface area contributed by atoms with E-state index in [4.69, 9.17) is 0 Å². The van der Waals surface area contributed by atoms with Gasteiger partial charge in [0.15, 0.2) is 0 Å². The summed E-state index contributed by atoms with van der Waals surface area (Å²) in [7, 11) is 0. The zero-order chi connectivity index (χ0) is 23.1. The molecule has 1 aliphatic heterocycles. The number of hydrogen-bond acceptors (Lipinski definition) is 1. The van der Waals surface area contributed by atoms with Crippen LogP contribution in [0.25, 0.3) is 0 Å². The van der Waals surface area contributed by atoms with Crippen LogP contribution in [0.1, 0.15) is 28.3 Å². The van der Waals surface area contributed by atoms with Crippen LogP contribution in [0, 0.1) is 0 Å². The molecule has 0 spiro atoms. The van der Waals surface area contributed by atoms with Gasteiger partial charge in [-0.3, -0.25) is 0 Å². The Morgan fingerprint density at radius 2 is 0.909 bits per heavy atom. The molecule has 0 saturated carbocycles. The van der Waals surface area contributed by atoms with E-state index in [2.05, 4.69) is 189 Å². The van der Waals surface area contributed by atoms with Crippen molar-refractivity contribution in [3.8, 4) is 0 Å². The Labute approximate surface area is 228 Å². The van der Waals surface area contributed by atoms with Gasteiger partial charge in [0, 0.05) is 16.1 Å². The number of halogens is 4. The van der Waals surface area contributed by atoms with Gasteiger partial charge in [-0.05, 0) is 22.3 Å². The summed E-state index contributed by atoms with van der Waals surface area (Å²) in [6.07, 6.45) is 0. The topological polar surface area (TPSA) is 3.24 Å². The molecule has 5 rings (SSSR count). The molecule has 1 nitrogen and oxygen atoms in total. The maximum Gasteiger partial charge on any atom is 0.133 e. The molecule has 0 bridgehead atoms. The molecule has 0 radical (unpaired) electrons. The predicted octanol–water partition coefficient (Wildman–Crippen LogP) is 9.18. The van der Waals surface area contributed by atoms with Crippen LogP contribution >= 0.6 is 63.9 Å². The van der Waals surface area contributed by atoms with Crippen molar-refractivity contribution in [2.24, 2.45) is 0 Å². The van der Waals surface area contributed by atoms with Crippen LogP contribution in [0.4, 0.5) is 0 Å². The van der Waals surface area contributed by atoms with E-state index in [1.807, 2.05) is 0 Å². The first-order valence-corrected chi connectivity index (χ1v) is 13.8. The molecule has 0 aliphatic carbocycles. The summed E-state index contributed by atoms with van der Waals surface area (Å²) >= 11 is 17.1. The highest BCUT2D eigenvalue weighted by atomic mass is 79.9. The van der Waals surface area contributed by atoms with Crippen LogP contribution in [0.3, 0.4) is 0 Å². The molecule has 33 heavy (non-hydrogen) atoms. The summed E-state index contributed by atoms with van der Waals surface area (Å²) in [4.78, 5) is 0. The number of rotatable bonds is 4. The molecule has 4 aromatic rings. The molecule has 1 saturated heterocycles. The molecule has 1 heterocycles. The van der Waals surface area contributed by atoms with E-state index < -0.39 is 13.1 Å². The monoisotopic (exact) mass is 687 g/mol. The highest BCUT2D eigenvalue weighted by Crippen LogP contribution is 2.77. The number of hydrogen-bond donors (Lipinski definition) is 0. The molecule has 1 aliphatic rings. The summed E-state index contributed by atoms with van der Waals surface area (Å²) in [5.41, 5.74) is 4.68. The van der Waals surface area contributed by atoms with Crippen molar-refractivity contribution in [2.45, 2.75) is 19.1 Å². The van der Waals surface area contributed by atoms with Gasteiger partial charge in [0.05, 0.1) is 10.4 Å². The first-order valence-electron chi connectivity index (χ1n) is 10.7. The summed E-state index contributed by atoms with van der Waals surface area (Å²) in [6.45, 7) is 0. The van der Waals surface area contributed by atoms with Crippen molar-refractivity contribution in [2.75, 3.05) is 0 Å². The molecular weight excluding hydrogens is 670 g/mol. The van der Waals surface area contributed by atoms with Gasteiger partial charge in [-0.25, -0.2) is 3.93 Å². The zero-order valence-electron chi connectivity index (χ0n) is 17.6. The molecule has 5 heteroatoms. The summed E-state index contributed by atoms with van der Waals surface area (Å²) in [6, 6.07) is 42.5. The largest absolute Gasteiger partial charge is 0.211 e. The SMILES string of the molecule is BrN1C(c2ccccc2)C(Br)(c2ccccc2)C(Br)(c2ccccc2)C1(Br)c1ccccc1. The molecule has 166 valence electrons. The fourth-order valence-corrected chi connectivity index (χ4v) is 10.2. The van der Waals surface area contributed by atoms with E-state index in [9.17, 15) is 0 Å². The second-order valence-corrected chi connectivity index (χ2v) is 12.6.